The number of terminal acetylenes is 1. The molecule has 258 valence electrons. The summed E-state index contributed by atoms with van der Waals surface area (Å²) in [5.41, 5.74) is 10.3. The van der Waals surface area contributed by atoms with Crippen molar-refractivity contribution in [3.8, 4) is 29.5 Å². The highest BCUT2D eigenvalue weighted by Gasteiger charge is 2.49. The number of nitrogens with zero attached hydrogens (tertiary/aromatic N) is 7. The molecule has 12 heteroatoms. The lowest BCUT2D eigenvalue weighted by Gasteiger charge is -2.42. The Labute approximate surface area is 289 Å². The lowest BCUT2D eigenvalue weighted by Crippen LogP contribution is -2.54. The summed E-state index contributed by atoms with van der Waals surface area (Å²) >= 11 is 0. The normalized spacial score (nSPS) is 25.2. The minimum absolute atomic E-state index is 0.167. The molecule has 4 aliphatic heterocycles. The summed E-state index contributed by atoms with van der Waals surface area (Å²) in [4.78, 5) is 22.2. The number of hydrogen-bond donors (Lipinski definition) is 1. The first-order valence-electron chi connectivity index (χ1n) is 17.5. The molecule has 2 bridgehead atoms. The summed E-state index contributed by atoms with van der Waals surface area (Å²) in [5, 5.41) is 1.32. The maximum absolute atomic E-state index is 15.2. The van der Waals surface area contributed by atoms with E-state index in [4.69, 9.17) is 36.6 Å². The molecule has 7 heterocycles. The van der Waals surface area contributed by atoms with E-state index in [0.717, 1.165) is 68.6 Å². The largest absolute Gasteiger partial charge is 0.461 e. The van der Waals surface area contributed by atoms with E-state index in [1.807, 2.05) is 22.7 Å². The van der Waals surface area contributed by atoms with Crippen LogP contribution in [0.2, 0.25) is 0 Å². The molecule has 0 saturated carbocycles. The average molecular weight is 679 g/mol. The van der Waals surface area contributed by atoms with Crippen LogP contribution in [0.4, 0.5) is 20.3 Å². The predicted molar refractivity (Wildman–Crippen MR) is 190 cm³/mol. The number of piperazine rings is 1. The number of fused-ring (bicyclic) bond motifs is 7. The number of likely N-dealkylation sites (tertiary alicyclic amines) is 1. The van der Waals surface area contributed by atoms with Crippen LogP contribution in [0.1, 0.15) is 37.7 Å². The third-order valence-electron chi connectivity index (χ3n) is 11.4. The molecule has 10 nitrogen and oxygen atoms in total. The Kier molecular flexibility index (Phi) is 7.56. The van der Waals surface area contributed by atoms with Crippen molar-refractivity contribution < 1.29 is 18.3 Å². The lowest BCUT2D eigenvalue weighted by atomic mass is 9.94. The van der Waals surface area contributed by atoms with Crippen LogP contribution in [-0.2, 0) is 4.74 Å². The van der Waals surface area contributed by atoms with Gasteiger partial charge in [-0.05, 0) is 67.4 Å². The summed E-state index contributed by atoms with van der Waals surface area (Å²) in [6, 6.07) is 9.42. The number of aromatic nitrogens is 4. The van der Waals surface area contributed by atoms with Crippen LogP contribution >= 0.6 is 0 Å². The van der Waals surface area contributed by atoms with Crippen LogP contribution in [-0.4, -0.2) is 106 Å². The highest BCUT2D eigenvalue weighted by molar-refractivity contribution is 6.07. The Morgan fingerprint density at radius 3 is 2.74 bits per heavy atom. The van der Waals surface area contributed by atoms with Crippen LogP contribution in [0.3, 0.4) is 0 Å². The number of anilines is 2. The summed E-state index contributed by atoms with van der Waals surface area (Å²) in [7, 11) is 1.74. The number of rotatable bonds is 8. The quantitative estimate of drug-likeness (QED) is 0.179. The first kappa shape index (κ1) is 31.4. The number of halogens is 2. The molecule has 0 radical (unpaired) electrons. The number of imidazole rings is 1. The summed E-state index contributed by atoms with van der Waals surface area (Å²) < 4.78 is 43.8. The standard InChI is InChI=1S/C38H40F2N8O2/c1-3-28-31(40)8-5-23-15-25(41)16-29(33(23)28)30-17-32-34(47-12-10-42-35(30)47)36(48-26-6-7-27(48)21-45(20-26)13-14-49-2)44-37(43-32)50-22-38-9-4-11-46(38)19-24(39)18-38/h1,5,8,10,12,15-17,24,26-27H,4,6-7,9,11,13-14,18-22,41H2,2H3/t24-,26-,27+,38+/m1/s1. The SMILES string of the molecule is C#Cc1c(F)ccc2cc(N)cc(-c3cc4nc(OC[C@@]56CCCN5C[C@H](F)C6)nc(N5[C@@H]6CC[C@H]5CN(CCOC)C6)c4n4ccnc34)c12. The van der Waals surface area contributed by atoms with Gasteiger partial charge < -0.3 is 20.1 Å². The van der Waals surface area contributed by atoms with Gasteiger partial charge in [-0.25, -0.2) is 13.8 Å². The Balaban J connectivity index is 1.23. The van der Waals surface area contributed by atoms with Crippen molar-refractivity contribution in [2.75, 3.05) is 63.7 Å². The van der Waals surface area contributed by atoms with Crippen molar-refractivity contribution in [1.29, 1.82) is 0 Å². The molecule has 4 atom stereocenters. The number of methoxy groups -OCH3 is 1. The van der Waals surface area contributed by atoms with Crippen LogP contribution < -0.4 is 15.4 Å². The number of nitrogen functional groups attached to an aromatic ring is 1. The third kappa shape index (κ3) is 4.97. The molecule has 3 aromatic heterocycles. The monoisotopic (exact) mass is 678 g/mol. The second-order valence-electron chi connectivity index (χ2n) is 14.4. The first-order chi connectivity index (χ1) is 24.4. The zero-order valence-corrected chi connectivity index (χ0v) is 28.1. The smallest absolute Gasteiger partial charge is 0.319 e. The van der Waals surface area contributed by atoms with Crippen molar-refractivity contribution in [2.45, 2.75) is 55.9 Å². The van der Waals surface area contributed by atoms with Crippen LogP contribution in [0.15, 0.2) is 42.7 Å². The average Bonchev–Trinajstić information content (AvgIpc) is 3.87. The molecule has 9 rings (SSSR count). The fourth-order valence-electron chi connectivity index (χ4n) is 9.30. The van der Waals surface area contributed by atoms with Crippen LogP contribution in [0.25, 0.3) is 38.6 Å². The highest BCUT2D eigenvalue weighted by atomic mass is 19.1. The van der Waals surface area contributed by atoms with E-state index >= 15 is 4.39 Å². The molecule has 4 saturated heterocycles. The Morgan fingerprint density at radius 1 is 1.10 bits per heavy atom. The number of nitrogens with two attached hydrogens (primary N) is 1. The molecular weight excluding hydrogens is 638 g/mol. The molecule has 0 aliphatic carbocycles. The van der Waals surface area contributed by atoms with Gasteiger partial charge in [0.2, 0.25) is 0 Å². The molecule has 4 fully saturated rings. The molecule has 0 amide bonds. The number of hydrogen-bond acceptors (Lipinski definition) is 9. The van der Waals surface area contributed by atoms with Crippen molar-refractivity contribution >= 4 is 39.0 Å². The maximum atomic E-state index is 15.2. The minimum atomic E-state index is -0.861. The topological polar surface area (TPSA) is 97.3 Å². The van der Waals surface area contributed by atoms with Gasteiger partial charge in [0.1, 0.15) is 29.8 Å². The number of pyridine rings is 1. The second kappa shape index (κ2) is 12.0. The zero-order valence-electron chi connectivity index (χ0n) is 28.1. The van der Waals surface area contributed by atoms with E-state index in [9.17, 15) is 4.39 Å². The van der Waals surface area contributed by atoms with Crippen molar-refractivity contribution in [1.82, 2.24) is 29.2 Å². The van der Waals surface area contributed by atoms with Crippen molar-refractivity contribution in [2.24, 2.45) is 0 Å². The number of benzene rings is 2. The van der Waals surface area contributed by atoms with Crippen molar-refractivity contribution in [3.05, 3.63) is 54.1 Å². The first-order valence-corrected chi connectivity index (χ1v) is 17.5. The molecule has 0 spiro atoms. The van der Waals surface area contributed by atoms with Crippen molar-refractivity contribution in [3.63, 3.8) is 0 Å². The van der Waals surface area contributed by atoms with E-state index in [0.29, 0.717) is 59.5 Å². The van der Waals surface area contributed by atoms with Gasteiger partial charge in [0.05, 0.1) is 23.2 Å². The molecule has 0 unspecified atom stereocenters. The highest BCUT2D eigenvalue weighted by Crippen LogP contribution is 2.43. The van der Waals surface area contributed by atoms with E-state index < -0.39 is 12.0 Å². The summed E-state index contributed by atoms with van der Waals surface area (Å²) in [6.45, 7) is 5.02. The van der Waals surface area contributed by atoms with Crippen LogP contribution in [0.5, 0.6) is 6.01 Å². The molecule has 2 N–H and O–H groups in total. The Morgan fingerprint density at radius 2 is 1.94 bits per heavy atom. The van der Waals surface area contributed by atoms with E-state index in [2.05, 4.69) is 20.6 Å². The molecule has 4 aliphatic rings. The maximum Gasteiger partial charge on any atom is 0.319 e. The fraction of sp³-hybridized carbons (Fsp3) is 0.447. The van der Waals surface area contributed by atoms with Crippen LogP contribution in [0, 0.1) is 18.2 Å². The van der Waals surface area contributed by atoms with E-state index in [1.54, 1.807) is 25.4 Å². The van der Waals surface area contributed by atoms with Gasteiger partial charge in [-0.1, -0.05) is 12.0 Å². The van der Waals surface area contributed by atoms with Gasteiger partial charge in [0, 0.05) is 80.8 Å². The lowest BCUT2D eigenvalue weighted by molar-refractivity contribution is 0.107. The minimum Gasteiger partial charge on any atom is -0.461 e. The molecule has 2 aromatic carbocycles. The fourth-order valence-corrected chi connectivity index (χ4v) is 9.30. The van der Waals surface area contributed by atoms with Gasteiger partial charge in [0.15, 0.2) is 5.82 Å². The molecular formula is C38H40F2N8O2. The van der Waals surface area contributed by atoms with Gasteiger partial charge in [-0.3, -0.25) is 14.2 Å². The second-order valence-corrected chi connectivity index (χ2v) is 14.4. The summed E-state index contributed by atoms with van der Waals surface area (Å²) in [5.74, 6) is 2.88. The Hall–Kier alpha value is -4.57. The number of ether oxygens (including phenoxy) is 2. The van der Waals surface area contributed by atoms with Gasteiger partial charge in [-0.2, -0.15) is 9.97 Å². The van der Waals surface area contributed by atoms with Gasteiger partial charge in [-0.15, -0.1) is 6.42 Å². The van der Waals surface area contributed by atoms with Gasteiger partial charge >= 0.3 is 6.01 Å². The van der Waals surface area contributed by atoms with E-state index in [1.165, 1.54) is 6.07 Å². The molecule has 50 heavy (non-hydrogen) atoms. The number of alkyl halides is 1. The van der Waals surface area contributed by atoms with E-state index in [-0.39, 0.29) is 29.2 Å². The van der Waals surface area contributed by atoms with Gasteiger partial charge in [0.25, 0.3) is 0 Å². The third-order valence-corrected chi connectivity index (χ3v) is 11.4. The Bertz CT molecular complexity index is 2170. The predicted octanol–water partition coefficient (Wildman–Crippen LogP) is 5.05. The zero-order chi connectivity index (χ0) is 34.1. The summed E-state index contributed by atoms with van der Waals surface area (Å²) in [6.07, 6.45) is 13.1. The molecule has 5 aromatic rings.